The summed E-state index contributed by atoms with van der Waals surface area (Å²) in [6.45, 7) is 4.08. The summed E-state index contributed by atoms with van der Waals surface area (Å²) in [5.74, 6) is 0.753. The van der Waals surface area contributed by atoms with E-state index in [1.165, 1.54) is 5.56 Å². The zero-order valence-corrected chi connectivity index (χ0v) is 11.9. The van der Waals surface area contributed by atoms with Gasteiger partial charge in [0.25, 0.3) is 0 Å². The average molecular weight is 271 g/mol. The fourth-order valence-electron chi connectivity index (χ4n) is 1.72. The Morgan fingerprint density at radius 3 is 2.53 bits per heavy atom. The molecule has 0 saturated heterocycles. The maximum absolute atomic E-state index is 5.28. The molecule has 1 heterocycles. The lowest BCUT2D eigenvalue weighted by Gasteiger charge is -2.17. The molecule has 1 aromatic heterocycles. The number of benzene rings is 1. The van der Waals surface area contributed by atoms with Gasteiger partial charge in [-0.2, -0.15) is 0 Å². The Kier molecular flexibility index (Phi) is 4.47. The van der Waals surface area contributed by atoms with Gasteiger partial charge in [0.1, 0.15) is 5.82 Å². The summed E-state index contributed by atoms with van der Waals surface area (Å²) in [5.41, 5.74) is 2.32. The van der Waals surface area contributed by atoms with E-state index in [1.807, 2.05) is 43.5 Å². The van der Waals surface area contributed by atoms with Gasteiger partial charge in [-0.25, -0.2) is 4.98 Å². The van der Waals surface area contributed by atoms with E-state index >= 15 is 0 Å². The van der Waals surface area contributed by atoms with Crippen LogP contribution in [0.5, 0.6) is 0 Å². The smallest absolute Gasteiger partial charge is 0.172 e. The Bertz CT molecular complexity index is 537. The lowest BCUT2D eigenvalue weighted by Crippen LogP contribution is -2.31. The number of pyridine rings is 1. The summed E-state index contributed by atoms with van der Waals surface area (Å²) in [4.78, 5) is 4.26. The van der Waals surface area contributed by atoms with Gasteiger partial charge >= 0.3 is 0 Å². The molecule has 0 amide bonds. The van der Waals surface area contributed by atoms with Gasteiger partial charge in [0, 0.05) is 6.20 Å². The molecule has 4 heteroatoms. The summed E-state index contributed by atoms with van der Waals surface area (Å²) >= 11 is 5.28. The van der Waals surface area contributed by atoms with Crippen LogP contribution in [0.3, 0.4) is 0 Å². The zero-order chi connectivity index (χ0) is 13.7. The molecule has 1 aromatic carbocycles. The van der Waals surface area contributed by atoms with E-state index in [4.69, 9.17) is 12.2 Å². The van der Waals surface area contributed by atoms with Gasteiger partial charge in [-0.15, -0.1) is 0 Å². The number of nitrogens with one attached hydrogen (secondary N) is 2. The van der Waals surface area contributed by atoms with Gasteiger partial charge in [0.2, 0.25) is 0 Å². The average Bonchev–Trinajstić information content (AvgIpc) is 2.42. The van der Waals surface area contributed by atoms with Crippen LogP contribution in [0.25, 0.3) is 0 Å². The third kappa shape index (κ3) is 4.03. The Balaban J connectivity index is 1.93. The highest BCUT2D eigenvalue weighted by Gasteiger charge is 2.06. The first-order valence-corrected chi connectivity index (χ1v) is 6.61. The highest BCUT2D eigenvalue weighted by Crippen LogP contribution is 2.11. The third-order valence-corrected chi connectivity index (χ3v) is 3.02. The molecule has 0 aliphatic heterocycles. The molecule has 0 unspecified atom stereocenters. The molecular formula is C15H17N3S. The van der Waals surface area contributed by atoms with Crippen LogP contribution in [0.2, 0.25) is 0 Å². The number of thiocarbonyl (C=S) groups is 1. The molecule has 1 atom stereocenters. The topological polar surface area (TPSA) is 37.0 Å². The molecule has 0 aliphatic rings. The molecule has 19 heavy (non-hydrogen) atoms. The number of anilines is 1. The first kappa shape index (κ1) is 13.5. The number of nitrogens with zero attached hydrogens (tertiary/aromatic N) is 1. The number of aryl methyl sites for hydroxylation is 1. The Hall–Kier alpha value is -1.94. The van der Waals surface area contributed by atoms with E-state index in [9.17, 15) is 0 Å². The van der Waals surface area contributed by atoms with Crippen molar-refractivity contribution in [2.45, 2.75) is 19.9 Å². The van der Waals surface area contributed by atoms with E-state index in [1.54, 1.807) is 0 Å². The maximum atomic E-state index is 5.28. The minimum absolute atomic E-state index is 0.159. The lowest BCUT2D eigenvalue weighted by atomic mass is 10.1. The van der Waals surface area contributed by atoms with Crippen molar-refractivity contribution >= 4 is 23.1 Å². The number of rotatable bonds is 3. The minimum atomic E-state index is 0.159. The normalized spacial score (nSPS) is 11.7. The lowest BCUT2D eigenvalue weighted by molar-refractivity contribution is 0.722. The molecular weight excluding hydrogens is 254 g/mol. The van der Waals surface area contributed by atoms with Crippen molar-refractivity contribution < 1.29 is 0 Å². The standard InChI is InChI=1S/C15H17N3S/c1-11-8-9-14(16-10-11)18-15(19)17-12(2)13-6-4-3-5-7-13/h3-10,12H,1-2H3,(H2,16,17,18,19)/t12-/m1/s1. The highest BCUT2D eigenvalue weighted by molar-refractivity contribution is 7.80. The van der Waals surface area contributed by atoms with Crippen molar-refractivity contribution in [2.75, 3.05) is 5.32 Å². The molecule has 2 rings (SSSR count). The second-order valence-corrected chi connectivity index (χ2v) is 4.86. The van der Waals surface area contributed by atoms with Crippen LogP contribution >= 0.6 is 12.2 Å². The van der Waals surface area contributed by atoms with Crippen LogP contribution in [0.4, 0.5) is 5.82 Å². The number of hydrogen-bond donors (Lipinski definition) is 2. The molecule has 0 bridgehead atoms. The second-order valence-electron chi connectivity index (χ2n) is 4.45. The molecule has 98 valence electrons. The molecule has 0 spiro atoms. The number of aromatic nitrogens is 1. The van der Waals surface area contributed by atoms with Gasteiger partial charge in [0.05, 0.1) is 6.04 Å². The third-order valence-electron chi connectivity index (χ3n) is 2.80. The summed E-state index contributed by atoms with van der Waals surface area (Å²) in [7, 11) is 0. The Morgan fingerprint density at radius 1 is 1.16 bits per heavy atom. The van der Waals surface area contributed by atoms with Crippen LogP contribution in [-0.2, 0) is 0 Å². The van der Waals surface area contributed by atoms with Gasteiger partial charge in [-0.1, -0.05) is 36.4 Å². The fraction of sp³-hybridized carbons (Fsp3) is 0.200. The molecule has 0 radical (unpaired) electrons. The predicted octanol–water partition coefficient (Wildman–Crippen LogP) is 3.44. The summed E-state index contributed by atoms with van der Waals surface area (Å²) in [6.07, 6.45) is 1.81. The predicted molar refractivity (Wildman–Crippen MR) is 83.2 cm³/mol. The highest BCUT2D eigenvalue weighted by atomic mass is 32.1. The van der Waals surface area contributed by atoms with E-state index in [0.29, 0.717) is 5.11 Å². The largest absolute Gasteiger partial charge is 0.356 e. The molecule has 0 saturated carbocycles. The quantitative estimate of drug-likeness (QED) is 0.839. The van der Waals surface area contributed by atoms with E-state index in [0.717, 1.165) is 11.4 Å². The first-order valence-electron chi connectivity index (χ1n) is 6.20. The SMILES string of the molecule is Cc1ccc(NC(=S)N[C@H](C)c2ccccc2)nc1. The van der Waals surface area contributed by atoms with Crippen molar-refractivity contribution in [3.8, 4) is 0 Å². The fourth-order valence-corrected chi connectivity index (χ4v) is 2.00. The summed E-state index contributed by atoms with van der Waals surface area (Å²) in [5, 5.41) is 6.90. The van der Waals surface area contributed by atoms with E-state index in [-0.39, 0.29) is 6.04 Å². The zero-order valence-electron chi connectivity index (χ0n) is 11.1. The van der Waals surface area contributed by atoms with Gasteiger partial charge < -0.3 is 10.6 Å². The van der Waals surface area contributed by atoms with Crippen molar-refractivity contribution in [3.05, 3.63) is 59.8 Å². The second kappa shape index (κ2) is 6.29. The molecule has 2 aromatic rings. The summed E-state index contributed by atoms with van der Waals surface area (Å²) < 4.78 is 0. The van der Waals surface area contributed by atoms with E-state index < -0.39 is 0 Å². The Morgan fingerprint density at radius 2 is 1.89 bits per heavy atom. The minimum Gasteiger partial charge on any atom is -0.356 e. The van der Waals surface area contributed by atoms with Crippen LogP contribution in [-0.4, -0.2) is 10.1 Å². The van der Waals surface area contributed by atoms with Crippen molar-refractivity contribution in [1.82, 2.24) is 10.3 Å². The van der Waals surface area contributed by atoms with Crippen molar-refractivity contribution in [3.63, 3.8) is 0 Å². The van der Waals surface area contributed by atoms with Gasteiger partial charge in [-0.05, 0) is 43.3 Å². The molecule has 2 N–H and O–H groups in total. The molecule has 3 nitrogen and oxygen atoms in total. The summed E-state index contributed by atoms with van der Waals surface area (Å²) in [6, 6.07) is 14.3. The van der Waals surface area contributed by atoms with Gasteiger partial charge in [-0.3, -0.25) is 0 Å². The first-order chi connectivity index (χ1) is 9.15. The van der Waals surface area contributed by atoms with Crippen LogP contribution in [0.1, 0.15) is 24.1 Å². The molecule has 0 aliphatic carbocycles. The monoisotopic (exact) mass is 271 g/mol. The number of hydrogen-bond acceptors (Lipinski definition) is 2. The van der Waals surface area contributed by atoms with Crippen molar-refractivity contribution in [1.29, 1.82) is 0 Å². The van der Waals surface area contributed by atoms with Crippen molar-refractivity contribution in [2.24, 2.45) is 0 Å². The van der Waals surface area contributed by atoms with Gasteiger partial charge in [0.15, 0.2) is 5.11 Å². The van der Waals surface area contributed by atoms with Crippen LogP contribution in [0, 0.1) is 6.92 Å². The maximum Gasteiger partial charge on any atom is 0.172 e. The van der Waals surface area contributed by atoms with E-state index in [2.05, 4.69) is 34.7 Å². The van der Waals surface area contributed by atoms with Crippen LogP contribution in [0.15, 0.2) is 48.7 Å². The Labute approximate surface area is 119 Å². The molecule has 0 fully saturated rings. The van der Waals surface area contributed by atoms with Crippen LogP contribution < -0.4 is 10.6 Å².